The van der Waals surface area contributed by atoms with E-state index in [1.165, 1.54) is 0 Å². The van der Waals surface area contributed by atoms with Crippen LogP contribution in [0.5, 0.6) is 0 Å². The molecule has 2 unspecified atom stereocenters. The van der Waals surface area contributed by atoms with E-state index in [0.717, 1.165) is 53.4 Å². The SMILES string of the molecule is CCn1cc(-c2ccnc(Nc3ccc(N4CC5CCC(C4)N5C(=O)O)nc3)n2)c(-c2cccnc2)n1. The standard InChI is InChI=1S/C26H27N9O2/c1-2-34-16-21(24(32-34)17-4-3-10-27-12-17)22-9-11-28-25(31-22)30-18-5-8-23(29-13-18)33-14-19-6-7-20(15-33)35(19)26(36)37/h3-5,8-13,16,19-20H,2,6-7,14-15H2,1H3,(H,36,37)(H,28,30,31). The summed E-state index contributed by atoms with van der Waals surface area (Å²) in [6, 6.07) is 9.70. The third-order valence-electron chi connectivity index (χ3n) is 6.98. The summed E-state index contributed by atoms with van der Waals surface area (Å²) in [4.78, 5) is 33.4. The molecule has 2 N–H and O–H groups in total. The van der Waals surface area contributed by atoms with E-state index in [0.29, 0.717) is 19.0 Å². The highest BCUT2D eigenvalue weighted by Crippen LogP contribution is 2.33. The van der Waals surface area contributed by atoms with E-state index in [-0.39, 0.29) is 12.1 Å². The molecule has 2 aliphatic heterocycles. The van der Waals surface area contributed by atoms with Crippen LogP contribution in [0.15, 0.2) is 61.3 Å². The Labute approximate surface area is 213 Å². The van der Waals surface area contributed by atoms with Crippen molar-refractivity contribution in [3.8, 4) is 22.5 Å². The molecule has 188 valence electrons. The number of aryl methyl sites for hydroxylation is 1. The number of fused-ring (bicyclic) bond motifs is 2. The number of pyridine rings is 2. The fraction of sp³-hybridized carbons (Fsp3) is 0.308. The zero-order chi connectivity index (χ0) is 25.4. The molecule has 37 heavy (non-hydrogen) atoms. The zero-order valence-electron chi connectivity index (χ0n) is 20.4. The molecule has 11 nitrogen and oxygen atoms in total. The molecule has 11 heteroatoms. The Bertz CT molecular complexity index is 1390. The van der Waals surface area contributed by atoms with E-state index >= 15 is 0 Å². The Hall–Kier alpha value is -4.54. The lowest BCUT2D eigenvalue weighted by Crippen LogP contribution is -2.55. The number of carboxylic acid groups (broad SMARTS) is 1. The van der Waals surface area contributed by atoms with Gasteiger partial charge in [-0.3, -0.25) is 14.6 Å². The molecule has 0 radical (unpaired) electrons. The second-order valence-electron chi connectivity index (χ2n) is 9.26. The van der Waals surface area contributed by atoms with Gasteiger partial charge in [-0.2, -0.15) is 5.10 Å². The normalized spacial score (nSPS) is 18.7. The summed E-state index contributed by atoms with van der Waals surface area (Å²) in [5, 5.41) is 17.5. The van der Waals surface area contributed by atoms with Crippen LogP contribution in [0, 0.1) is 0 Å². The van der Waals surface area contributed by atoms with E-state index in [1.54, 1.807) is 29.7 Å². The average molecular weight is 498 g/mol. The Morgan fingerprint density at radius 1 is 1.08 bits per heavy atom. The number of hydrogen-bond acceptors (Lipinski definition) is 8. The molecule has 2 fully saturated rings. The smallest absolute Gasteiger partial charge is 0.407 e. The van der Waals surface area contributed by atoms with Gasteiger partial charge in [-0.05, 0) is 50.1 Å². The molecular weight excluding hydrogens is 470 g/mol. The first-order valence-corrected chi connectivity index (χ1v) is 12.4. The molecule has 0 spiro atoms. The third-order valence-corrected chi connectivity index (χ3v) is 6.98. The topological polar surface area (TPSA) is 125 Å². The molecule has 2 saturated heterocycles. The van der Waals surface area contributed by atoms with Crippen molar-refractivity contribution in [2.45, 2.75) is 38.4 Å². The number of rotatable bonds is 6. The van der Waals surface area contributed by atoms with E-state index in [2.05, 4.69) is 25.2 Å². The molecule has 4 aromatic heterocycles. The number of nitrogens with zero attached hydrogens (tertiary/aromatic N) is 8. The van der Waals surface area contributed by atoms with Crippen molar-refractivity contribution in [3.63, 3.8) is 0 Å². The van der Waals surface area contributed by atoms with E-state index in [9.17, 15) is 9.90 Å². The highest BCUT2D eigenvalue weighted by Gasteiger charge is 2.43. The minimum absolute atomic E-state index is 0.0283. The average Bonchev–Trinajstić information content (AvgIpc) is 3.48. The number of aromatic nitrogens is 6. The molecule has 4 aromatic rings. The number of carbonyl (C=O) groups is 1. The molecule has 6 heterocycles. The van der Waals surface area contributed by atoms with Crippen LogP contribution < -0.4 is 10.2 Å². The Kier molecular flexibility index (Phi) is 5.87. The quantitative estimate of drug-likeness (QED) is 0.408. The lowest BCUT2D eigenvalue weighted by molar-refractivity contribution is 0.114. The lowest BCUT2D eigenvalue weighted by atomic mass is 10.1. The molecule has 2 atom stereocenters. The van der Waals surface area contributed by atoms with Crippen molar-refractivity contribution in [2.24, 2.45) is 0 Å². The van der Waals surface area contributed by atoms with Crippen LogP contribution in [0.1, 0.15) is 19.8 Å². The summed E-state index contributed by atoms with van der Waals surface area (Å²) in [6.07, 6.45) is 9.99. The summed E-state index contributed by atoms with van der Waals surface area (Å²) in [6.45, 7) is 4.12. The summed E-state index contributed by atoms with van der Waals surface area (Å²) in [7, 11) is 0. The van der Waals surface area contributed by atoms with Gasteiger partial charge in [0.1, 0.15) is 11.5 Å². The first kappa shape index (κ1) is 22.9. The van der Waals surface area contributed by atoms with Crippen LogP contribution in [-0.4, -0.2) is 71.0 Å². The lowest BCUT2D eigenvalue weighted by Gasteiger charge is -2.40. The molecule has 0 aliphatic carbocycles. The zero-order valence-corrected chi connectivity index (χ0v) is 20.4. The molecular formula is C26H27N9O2. The van der Waals surface area contributed by atoms with Crippen molar-refractivity contribution < 1.29 is 9.90 Å². The number of amides is 1. The van der Waals surface area contributed by atoms with Gasteiger partial charge in [-0.25, -0.2) is 19.7 Å². The van der Waals surface area contributed by atoms with Crippen LogP contribution >= 0.6 is 0 Å². The van der Waals surface area contributed by atoms with Gasteiger partial charge < -0.3 is 15.3 Å². The minimum atomic E-state index is -0.823. The van der Waals surface area contributed by atoms with Gasteiger partial charge in [-0.15, -0.1) is 0 Å². The van der Waals surface area contributed by atoms with Crippen LogP contribution in [0.3, 0.4) is 0 Å². The predicted molar refractivity (Wildman–Crippen MR) is 139 cm³/mol. The van der Waals surface area contributed by atoms with Crippen molar-refractivity contribution in [3.05, 3.63) is 61.3 Å². The molecule has 2 bridgehead atoms. The van der Waals surface area contributed by atoms with Crippen molar-refractivity contribution >= 4 is 23.5 Å². The highest BCUT2D eigenvalue weighted by atomic mass is 16.4. The van der Waals surface area contributed by atoms with Gasteiger partial charge in [0.15, 0.2) is 0 Å². The summed E-state index contributed by atoms with van der Waals surface area (Å²) in [5.74, 6) is 1.30. The Morgan fingerprint density at radius 2 is 1.92 bits per heavy atom. The van der Waals surface area contributed by atoms with Crippen LogP contribution in [0.25, 0.3) is 22.5 Å². The van der Waals surface area contributed by atoms with Gasteiger partial charge in [0.25, 0.3) is 0 Å². The fourth-order valence-corrected chi connectivity index (χ4v) is 5.23. The maximum atomic E-state index is 11.6. The maximum absolute atomic E-state index is 11.6. The molecule has 0 aromatic carbocycles. The largest absolute Gasteiger partial charge is 0.465 e. The first-order valence-electron chi connectivity index (χ1n) is 12.4. The Balaban J connectivity index is 1.20. The van der Waals surface area contributed by atoms with Gasteiger partial charge >= 0.3 is 6.09 Å². The van der Waals surface area contributed by atoms with Crippen molar-refractivity contribution in [2.75, 3.05) is 23.3 Å². The number of nitrogens with one attached hydrogen (secondary N) is 1. The predicted octanol–water partition coefficient (Wildman–Crippen LogP) is 3.89. The van der Waals surface area contributed by atoms with Crippen molar-refractivity contribution in [1.82, 2.24) is 34.6 Å². The first-order chi connectivity index (χ1) is 18.1. The van der Waals surface area contributed by atoms with E-state index in [4.69, 9.17) is 10.1 Å². The maximum Gasteiger partial charge on any atom is 0.407 e. The van der Waals surface area contributed by atoms with E-state index in [1.807, 2.05) is 48.1 Å². The van der Waals surface area contributed by atoms with Gasteiger partial charge in [0.05, 0.1) is 29.7 Å². The van der Waals surface area contributed by atoms with Crippen LogP contribution in [0.2, 0.25) is 0 Å². The molecule has 1 amide bonds. The van der Waals surface area contributed by atoms with Gasteiger partial charge in [0, 0.05) is 55.5 Å². The monoisotopic (exact) mass is 497 g/mol. The summed E-state index contributed by atoms with van der Waals surface area (Å²) < 4.78 is 1.89. The summed E-state index contributed by atoms with van der Waals surface area (Å²) in [5.41, 5.74) is 4.18. The minimum Gasteiger partial charge on any atom is -0.465 e. The molecule has 0 saturated carbocycles. The Morgan fingerprint density at radius 3 is 2.59 bits per heavy atom. The van der Waals surface area contributed by atoms with Gasteiger partial charge in [-0.1, -0.05) is 0 Å². The second kappa shape index (κ2) is 9.49. The number of anilines is 3. The third kappa shape index (κ3) is 4.44. The van der Waals surface area contributed by atoms with E-state index < -0.39 is 6.09 Å². The van der Waals surface area contributed by atoms with Crippen LogP contribution in [-0.2, 0) is 6.54 Å². The van der Waals surface area contributed by atoms with Gasteiger partial charge in [0.2, 0.25) is 5.95 Å². The van der Waals surface area contributed by atoms with Crippen LogP contribution in [0.4, 0.5) is 22.2 Å². The van der Waals surface area contributed by atoms with Crippen molar-refractivity contribution in [1.29, 1.82) is 0 Å². The molecule has 6 rings (SSSR count). The molecule has 2 aliphatic rings. The highest BCUT2D eigenvalue weighted by molar-refractivity contribution is 5.78. The number of hydrogen-bond donors (Lipinski definition) is 2. The summed E-state index contributed by atoms with van der Waals surface area (Å²) >= 11 is 0. The number of piperazine rings is 1. The second-order valence-corrected chi connectivity index (χ2v) is 9.26. The fourth-order valence-electron chi connectivity index (χ4n) is 5.23.